The van der Waals surface area contributed by atoms with Crippen molar-refractivity contribution < 1.29 is 9.59 Å². The van der Waals surface area contributed by atoms with Crippen LogP contribution in [0.15, 0.2) is 48.5 Å². The van der Waals surface area contributed by atoms with Crippen LogP contribution in [-0.2, 0) is 4.79 Å². The quantitative estimate of drug-likeness (QED) is 0.585. The van der Waals surface area contributed by atoms with E-state index in [9.17, 15) is 9.59 Å². The molecule has 1 heterocycles. The van der Waals surface area contributed by atoms with Crippen LogP contribution in [0.3, 0.4) is 0 Å². The van der Waals surface area contributed by atoms with E-state index in [1.54, 1.807) is 36.4 Å². The van der Waals surface area contributed by atoms with Gasteiger partial charge in [-0.3, -0.25) is 9.59 Å². The summed E-state index contributed by atoms with van der Waals surface area (Å²) in [5.41, 5.74) is 1.96. The highest BCUT2D eigenvalue weighted by atomic mass is 35.5. The summed E-state index contributed by atoms with van der Waals surface area (Å²) in [6.45, 7) is 3.76. The highest BCUT2D eigenvalue weighted by Crippen LogP contribution is 2.36. The van der Waals surface area contributed by atoms with E-state index in [0.29, 0.717) is 22.3 Å². The number of carbonyl (C=O) groups excluding carboxylic acids is 2. The predicted octanol–water partition coefficient (Wildman–Crippen LogP) is 3.72. The normalized spacial score (nSPS) is 14.3. The van der Waals surface area contributed by atoms with E-state index >= 15 is 0 Å². The molecule has 9 heteroatoms. The maximum absolute atomic E-state index is 12.9. The molecule has 1 aliphatic carbocycles. The van der Waals surface area contributed by atoms with E-state index in [0.717, 1.165) is 24.2 Å². The molecule has 1 fully saturated rings. The number of benzene rings is 2. The van der Waals surface area contributed by atoms with Gasteiger partial charge in [-0.2, -0.15) is 0 Å². The van der Waals surface area contributed by atoms with Crippen molar-refractivity contribution in [2.24, 2.45) is 5.92 Å². The Morgan fingerprint density at radius 1 is 1.06 bits per heavy atom. The van der Waals surface area contributed by atoms with Gasteiger partial charge in [0.2, 0.25) is 5.91 Å². The zero-order valence-electron chi connectivity index (χ0n) is 17.2. The monoisotopic (exact) mass is 438 g/mol. The molecule has 2 amide bonds. The molecular formula is C22H23ClN6O2. The summed E-state index contributed by atoms with van der Waals surface area (Å²) in [7, 11) is 0. The third-order valence-electron chi connectivity index (χ3n) is 5.14. The lowest BCUT2D eigenvalue weighted by Gasteiger charge is -2.22. The second kappa shape index (κ2) is 8.85. The molecule has 0 radical (unpaired) electrons. The number of anilines is 1. The first-order valence-corrected chi connectivity index (χ1v) is 10.6. The van der Waals surface area contributed by atoms with Gasteiger partial charge in [0.1, 0.15) is 6.04 Å². The summed E-state index contributed by atoms with van der Waals surface area (Å²) >= 11 is 5.88. The highest BCUT2D eigenvalue weighted by Gasteiger charge is 2.28. The van der Waals surface area contributed by atoms with Crippen LogP contribution in [0.25, 0.3) is 11.4 Å². The van der Waals surface area contributed by atoms with E-state index in [1.807, 2.05) is 30.7 Å². The van der Waals surface area contributed by atoms with Crippen LogP contribution in [0.4, 0.5) is 5.69 Å². The third kappa shape index (κ3) is 4.91. The Kier molecular flexibility index (Phi) is 5.99. The molecule has 4 rings (SSSR count). The topological polar surface area (TPSA) is 102 Å². The van der Waals surface area contributed by atoms with E-state index in [4.69, 9.17) is 11.6 Å². The number of nitrogens with zero attached hydrogens (tertiary/aromatic N) is 4. The lowest BCUT2D eigenvalue weighted by molar-refractivity contribution is -0.118. The van der Waals surface area contributed by atoms with Crippen LogP contribution < -0.4 is 10.6 Å². The average molecular weight is 439 g/mol. The number of hydrogen-bond donors (Lipinski definition) is 2. The highest BCUT2D eigenvalue weighted by molar-refractivity contribution is 6.30. The van der Waals surface area contributed by atoms with Gasteiger partial charge in [-0.15, -0.1) is 5.10 Å². The van der Waals surface area contributed by atoms with Crippen molar-refractivity contribution in [2.75, 3.05) is 5.32 Å². The van der Waals surface area contributed by atoms with Crippen LogP contribution in [-0.4, -0.2) is 38.1 Å². The molecule has 0 saturated heterocycles. The van der Waals surface area contributed by atoms with E-state index in [2.05, 4.69) is 26.2 Å². The second-order valence-electron chi connectivity index (χ2n) is 7.95. The van der Waals surface area contributed by atoms with Crippen molar-refractivity contribution in [1.82, 2.24) is 25.5 Å². The number of halogens is 1. The number of rotatable bonds is 7. The van der Waals surface area contributed by atoms with Gasteiger partial charge in [-0.25, -0.2) is 4.68 Å². The summed E-state index contributed by atoms with van der Waals surface area (Å²) in [5.74, 6) is 0.00927. The Bertz CT molecular complexity index is 1070. The number of carbonyl (C=O) groups is 2. The minimum absolute atomic E-state index is 0.0984. The number of amides is 2. The molecule has 1 atom stereocenters. The number of nitrogens with one attached hydrogen (secondary N) is 2. The standard InChI is InChI=1S/C22H23ClN6O2/c1-13(2)19(25-21(30)15-3-7-16(23)8-4-15)22(31)24-17-9-5-14(6-10-17)20-26-27-28-29(20)18-11-12-18/h3-10,13,18-19H,11-12H2,1-2H3,(H,24,31)(H,25,30). The van der Waals surface area contributed by atoms with Gasteiger partial charge in [-0.1, -0.05) is 25.4 Å². The zero-order chi connectivity index (χ0) is 22.0. The first kappa shape index (κ1) is 21.0. The van der Waals surface area contributed by atoms with Crippen LogP contribution in [0.2, 0.25) is 5.02 Å². The molecule has 1 aromatic heterocycles. The minimum Gasteiger partial charge on any atom is -0.340 e. The fourth-order valence-electron chi connectivity index (χ4n) is 3.23. The molecule has 1 unspecified atom stereocenters. The van der Waals surface area contributed by atoms with E-state index in [1.165, 1.54) is 0 Å². The van der Waals surface area contributed by atoms with Gasteiger partial charge in [0.15, 0.2) is 5.82 Å². The SMILES string of the molecule is CC(C)C(NC(=O)c1ccc(Cl)cc1)C(=O)Nc1ccc(-c2nnnn2C2CC2)cc1. The van der Waals surface area contributed by atoms with Crippen molar-refractivity contribution in [3.8, 4) is 11.4 Å². The van der Waals surface area contributed by atoms with Crippen LogP contribution >= 0.6 is 11.6 Å². The molecule has 31 heavy (non-hydrogen) atoms. The van der Waals surface area contributed by atoms with Gasteiger partial charge in [0, 0.05) is 21.8 Å². The van der Waals surface area contributed by atoms with E-state index < -0.39 is 6.04 Å². The number of tetrazole rings is 1. The Hall–Kier alpha value is -3.26. The molecule has 8 nitrogen and oxygen atoms in total. The summed E-state index contributed by atoms with van der Waals surface area (Å²) in [6, 6.07) is 13.6. The number of hydrogen-bond acceptors (Lipinski definition) is 5. The van der Waals surface area contributed by atoms with Crippen LogP contribution in [0.5, 0.6) is 0 Å². The molecule has 2 N–H and O–H groups in total. The Balaban J connectivity index is 1.43. The van der Waals surface area contributed by atoms with Gasteiger partial charge in [0.25, 0.3) is 5.91 Å². The molecular weight excluding hydrogens is 416 g/mol. The van der Waals surface area contributed by atoms with Crippen molar-refractivity contribution in [3.63, 3.8) is 0 Å². The molecule has 3 aromatic rings. The molecule has 2 aromatic carbocycles. The Morgan fingerprint density at radius 2 is 1.74 bits per heavy atom. The lowest BCUT2D eigenvalue weighted by Crippen LogP contribution is -2.47. The van der Waals surface area contributed by atoms with Gasteiger partial charge >= 0.3 is 0 Å². The summed E-state index contributed by atoms with van der Waals surface area (Å²) < 4.78 is 1.84. The molecule has 0 spiro atoms. The second-order valence-corrected chi connectivity index (χ2v) is 8.38. The van der Waals surface area contributed by atoms with Gasteiger partial charge < -0.3 is 10.6 Å². The smallest absolute Gasteiger partial charge is 0.251 e. The minimum atomic E-state index is -0.690. The predicted molar refractivity (Wildman–Crippen MR) is 118 cm³/mol. The zero-order valence-corrected chi connectivity index (χ0v) is 18.0. The number of aromatic nitrogens is 4. The molecule has 0 aliphatic heterocycles. The maximum Gasteiger partial charge on any atom is 0.251 e. The Labute approximate surface area is 185 Å². The molecule has 1 saturated carbocycles. The third-order valence-corrected chi connectivity index (χ3v) is 5.39. The summed E-state index contributed by atoms with van der Waals surface area (Å²) in [4.78, 5) is 25.4. The maximum atomic E-state index is 12.9. The lowest BCUT2D eigenvalue weighted by atomic mass is 10.0. The van der Waals surface area contributed by atoms with E-state index in [-0.39, 0.29) is 17.7 Å². The van der Waals surface area contributed by atoms with Gasteiger partial charge in [0.05, 0.1) is 6.04 Å². The fourth-order valence-corrected chi connectivity index (χ4v) is 3.36. The van der Waals surface area contributed by atoms with Crippen LogP contribution in [0, 0.1) is 5.92 Å². The largest absolute Gasteiger partial charge is 0.340 e. The first-order chi connectivity index (χ1) is 14.9. The van der Waals surface area contributed by atoms with Crippen molar-refractivity contribution in [1.29, 1.82) is 0 Å². The van der Waals surface area contributed by atoms with Crippen molar-refractivity contribution in [2.45, 2.75) is 38.8 Å². The summed E-state index contributed by atoms with van der Waals surface area (Å²) in [6.07, 6.45) is 2.18. The summed E-state index contributed by atoms with van der Waals surface area (Å²) in [5, 5.41) is 18.2. The van der Waals surface area contributed by atoms with Crippen molar-refractivity contribution in [3.05, 3.63) is 59.1 Å². The first-order valence-electron chi connectivity index (χ1n) is 10.2. The molecule has 0 bridgehead atoms. The van der Waals surface area contributed by atoms with Crippen molar-refractivity contribution >= 4 is 29.1 Å². The Morgan fingerprint density at radius 3 is 2.35 bits per heavy atom. The molecule has 1 aliphatic rings. The molecule has 160 valence electrons. The average Bonchev–Trinajstić information content (AvgIpc) is 3.49. The van der Waals surface area contributed by atoms with Crippen LogP contribution in [0.1, 0.15) is 43.1 Å². The fraction of sp³-hybridized carbons (Fsp3) is 0.318. The van der Waals surface area contributed by atoms with Gasteiger partial charge in [-0.05, 0) is 77.7 Å².